The fourth-order valence-electron chi connectivity index (χ4n) is 4.90. The molecule has 0 spiro atoms. The van der Waals surface area contributed by atoms with Crippen molar-refractivity contribution in [3.05, 3.63) is 48.4 Å². The van der Waals surface area contributed by atoms with Crippen LogP contribution >= 0.6 is 0 Å². The molecule has 0 unspecified atom stereocenters. The van der Waals surface area contributed by atoms with Crippen LogP contribution in [0.25, 0.3) is 16.6 Å². The molecule has 3 aromatic heterocycles. The molecule has 1 aromatic carbocycles. The SMILES string of the molecule is COc1cc2nn([C@H]3CC[C@H](N(C)C(=O)OC(C)(C)C)CC3)cc2cc1C(=O)Nc1cnc2cccnn12. The predicted molar refractivity (Wildman–Crippen MR) is 143 cm³/mol. The van der Waals surface area contributed by atoms with E-state index >= 15 is 0 Å². The van der Waals surface area contributed by atoms with Gasteiger partial charge in [0.25, 0.3) is 5.91 Å². The fraction of sp³-hybridized carbons (Fsp3) is 0.444. The first-order valence-corrected chi connectivity index (χ1v) is 12.8. The van der Waals surface area contributed by atoms with Crippen LogP contribution < -0.4 is 10.1 Å². The maximum Gasteiger partial charge on any atom is 0.410 e. The molecule has 200 valence electrons. The van der Waals surface area contributed by atoms with Crippen molar-refractivity contribution in [2.24, 2.45) is 0 Å². The molecule has 0 atom stereocenters. The number of hydrogen-bond acceptors (Lipinski definition) is 7. The van der Waals surface area contributed by atoms with Crippen molar-refractivity contribution in [2.75, 3.05) is 19.5 Å². The Morgan fingerprint density at radius 1 is 1.16 bits per heavy atom. The number of hydrogen-bond donors (Lipinski definition) is 1. The van der Waals surface area contributed by atoms with Crippen molar-refractivity contribution < 1.29 is 19.1 Å². The minimum atomic E-state index is -0.516. The minimum absolute atomic E-state index is 0.135. The lowest BCUT2D eigenvalue weighted by Crippen LogP contribution is -2.42. The van der Waals surface area contributed by atoms with Gasteiger partial charge in [0.1, 0.15) is 11.4 Å². The summed E-state index contributed by atoms with van der Waals surface area (Å²) in [5, 5.41) is 12.8. The van der Waals surface area contributed by atoms with Crippen LogP contribution in [-0.2, 0) is 4.74 Å². The first-order valence-electron chi connectivity index (χ1n) is 12.8. The molecule has 1 fully saturated rings. The molecule has 1 saturated carbocycles. The van der Waals surface area contributed by atoms with E-state index in [1.54, 1.807) is 40.0 Å². The molecule has 1 aliphatic rings. The van der Waals surface area contributed by atoms with Crippen LogP contribution in [0.5, 0.6) is 5.75 Å². The van der Waals surface area contributed by atoms with Gasteiger partial charge in [0.15, 0.2) is 11.5 Å². The summed E-state index contributed by atoms with van der Waals surface area (Å²) in [4.78, 5) is 31.7. The average molecular weight is 520 g/mol. The first-order chi connectivity index (χ1) is 18.1. The van der Waals surface area contributed by atoms with E-state index in [0.29, 0.717) is 22.8 Å². The third-order valence-electron chi connectivity index (χ3n) is 6.88. The number of carbonyl (C=O) groups is 2. The molecular formula is C27H33N7O4. The summed E-state index contributed by atoms with van der Waals surface area (Å²) >= 11 is 0. The van der Waals surface area contributed by atoms with E-state index in [-0.39, 0.29) is 24.1 Å². The zero-order chi connectivity index (χ0) is 27.0. The van der Waals surface area contributed by atoms with Crippen molar-refractivity contribution in [3.8, 4) is 5.75 Å². The highest BCUT2D eigenvalue weighted by Crippen LogP contribution is 2.33. The van der Waals surface area contributed by atoms with Gasteiger partial charge in [0, 0.05) is 36.9 Å². The first kappa shape index (κ1) is 25.5. The topological polar surface area (TPSA) is 116 Å². The van der Waals surface area contributed by atoms with E-state index < -0.39 is 5.60 Å². The van der Waals surface area contributed by atoms with Gasteiger partial charge in [-0.3, -0.25) is 9.48 Å². The standard InChI is InChI=1S/C27H33N7O4/c1-27(2,3)38-26(36)32(4)18-8-10-19(11-9-18)33-16-17-13-20(22(37-5)14-21(17)31-33)25(35)30-24-15-28-23-7-6-12-29-34(23)24/h6-7,12-16,18-19H,8-11H2,1-5H3,(H,30,35)/t18-,19-. The number of amides is 2. The predicted octanol–water partition coefficient (Wildman–Crippen LogP) is 4.69. The quantitative estimate of drug-likeness (QED) is 0.407. The van der Waals surface area contributed by atoms with Gasteiger partial charge in [-0.05, 0) is 64.7 Å². The van der Waals surface area contributed by atoms with Gasteiger partial charge in [0.05, 0.1) is 30.4 Å². The molecule has 2 amide bonds. The number of nitrogens with one attached hydrogen (secondary N) is 1. The number of nitrogens with zero attached hydrogens (tertiary/aromatic N) is 6. The van der Waals surface area contributed by atoms with Crippen LogP contribution in [0, 0.1) is 0 Å². The molecule has 4 aromatic rings. The van der Waals surface area contributed by atoms with E-state index in [1.165, 1.54) is 7.11 Å². The van der Waals surface area contributed by atoms with Crippen molar-refractivity contribution in [1.29, 1.82) is 0 Å². The lowest BCUT2D eigenvalue weighted by atomic mass is 9.90. The minimum Gasteiger partial charge on any atom is -0.496 e. The van der Waals surface area contributed by atoms with Gasteiger partial charge < -0.3 is 19.7 Å². The smallest absolute Gasteiger partial charge is 0.410 e. The second-order valence-electron chi connectivity index (χ2n) is 10.7. The third kappa shape index (κ3) is 5.13. The maximum absolute atomic E-state index is 13.2. The van der Waals surface area contributed by atoms with Gasteiger partial charge in [-0.15, -0.1) is 0 Å². The van der Waals surface area contributed by atoms with Gasteiger partial charge in [-0.1, -0.05) is 0 Å². The molecule has 38 heavy (non-hydrogen) atoms. The zero-order valence-electron chi connectivity index (χ0n) is 22.3. The Kier molecular flexibility index (Phi) is 6.68. The number of anilines is 1. The van der Waals surface area contributed by atoms with Crippen molar-refractivity contribution in [3.63, 3.8) is 0 Å². The molecule has 3 heterocycles. The van der Waals surface area contributed by atoms with E-state index in [9.17, 15) is 9.59 Å². The lowest BCUT2D eigenvalue weighted by molar-refractivity contribution is 0.0173. The summed E-state index contributed by atoms with van der Waals surface area (Å²) < 4.78 is 14.6. The Balaban J connectivity index is 1.30. The van der Waals surface area contributed by atoms with Crippen molar-refractivity contribution in [2.45, 2.75) is 64.1 Å². The number of rotatable bonds is 5. The Hall–Kier alpha value is -4.15. The summed E-state index contributed by atoms with van der Waals surface area (Å²) in [5.74, 6) is 0.580. The van der Waals surface area contributed by atoms with E-state index in [4.69, 9.17) is 14.6 Å². The third-order valence-corrected chi connectivity index (χ3v) is 6.88. The summed E-state index contributed by atoms with van der Waals surface area (Å²) in [6.07, 6.45) is 8.39. The molecule has 5 rings (SSSR count). The summed E-state index contributed by atoms with van der Waals surface area (Å²) in [6.45, 7) is 5.62. The second kappa shape index (κ2) is 9.96. The Labute approximate surface area is 220 Å². The number of aromatic nitrogens is 5. The Bertz CT molecular complexity index is 1480. The molecule has 0 bridgehead atoms. The molecule has 1 aliphatic carbocycles. The number of benzene rings is 1. The highest BCUT2D eigenvalue weighted by Gasteiger charge is 2.30. The van der Waals surface area contributed by atoms with Crippen LogP contribution in [0.15, 0.2) is 42.9 Å². The molecule has 1 N–H and O–H groups in total. The highest BCUT2D eigenvalue weighted by molar-refractivity contribution is 6.08. The van der Waals surface area contributed by atoms with Crippen LogP contribution in [0.3, 0.4) is 0 Å². The number of fused-ring (bicyclic) bond motifs is 2. The van der Waals surface area contributed by atoms with Gasteiger partial charge in [0.2, 0.25) is 0 Å². The zero-order valence-corrected chi connectivity index (χ0v) is 22.3. The molecule has 11 nitrogen and oxygen atoms in total. The molecule has 0 radical (unpaired) electrons. The molecule has 0 saturated heterocycles. The monoisotopic (exact) mass is 519 g/mol. The van der Waals surface area contributed by atoms with Gasteiger partial charge in [-0.2, -0.15) is 14.7 Å². The van der Waals surface area contributed by atoms with Gasteiger partial charge in [-0.25, -0.2) is 9.78 Å². The molecule has 11 heteroatoms. The number of carbonyl (C=O) groups excluding carboxylic acids is 2. The second-order valence-corrected chi connectivity index (χ2v) is 10.7. The lowest BCUT2D eigenvalue weighted by Gasteiger charge is -2.35. The van der Waals surface area contributed by atoms with Crippen LogP contribution in [0.4, 0.5) is 10.6 Å². The average Bonchev–Trinajstić information content (AvgIpc) is 3.50. The normalized spacial score (nSPS) is 17.9. The van der Waals surface area contributed by atoms with E-state index in [2.05, 4.69) is 15.4 Å². The van der Waals surface area contributed by atoms with Crippen molar-refractivity contribution in [1.82, 2.24) is 29.3 Å². The molecular weight excluding hydrogens is 486 g/mol. The summed E-state index contributed by atoms with van der Waals surface area (Å²) in [6, 6.07) is 7.52. The highest BCUT2D eigenvalue weighted by atomic mass is 16.6. The van der Waals surface area contributed by atoms with E-state index in [1.807, 2.05) is 44.8 Å². The van der Waals surface area contributed by atoms with Crippen LogP contribution in [-0.4, -0.2) is 67.1 Å². The van der Waals surface area contributed by atoms with E-state index in [0.717, 1.165) is 36.6 Å². The van der Waals surface area contributed by atoms with Crippen LogP contribution in [0.1, 0.15) is 62.9 Å². The number of ether oxygens (including phenoxy) is 2. The summed E-state index contributed by atoms with van der Waals surface area (Å²) in [7, 11) is 3.34. The Morgan fingerprint density at radius 3 is 2.63 bits per heavy atom. The van der Waals surface area contributed by atoms with Gasteiger partial charge >= 0.3 is 6.09 Å². The van der Waals surface area contributed by atoms with Crippen LogP contribution in [0.2, 0.25) is 0 Å². The van der Waals surface area contributed by atoms with Crippen molar-refractivity contribution >= 4 is 34.4 Å². The largest absolute Gasteiger partial charge is 0.496 e. The fourth-order valence-corrected chi connectivity index (χ4v) is 4.90. The number of methoxy groups -OCH3 is 1. The molecule has 0 aliphatic heterocycles. The maximum atomic E-state index is 13.2. The summed E-state index contributed by atoms with van der Waals surface area (Å²) in [5.41, 5.74) is 1.27. The number of imidazole rings is 1. The Morgan fingerprint density at radius 2 is 1.92 bits per heavy atom.